The number of carbonyl (C=O) groups excluding carboxylic acids is 3. The Hall–Kier alpha value is -1.59. The topological polar surface area (TPSA) is 78.5 Å². The zero-order valence-corrected chi connectivity index (χ0v) is 15.5. The van der Waals surface area contributed by atoms with Crippen LogP contribution in [-0.2, 0) is 14.4 Å². The van der Waals surface area contributed by atoms with Gasteiger partial charge >= 0.3 is 0 Å². The van der Waals surface area contributed by atoms with Crippen molar-refractivity contribution in [3.8, 4) is 0 Å². The average Bonchev–Trinajstić information content (AvgIpc) is 2.96. The molecule has 3 aliphatic rings. The van der Waals surface area contributed by atoms with Crippen molar-refractivity contribution in [3.05, 3.63) is 0 Å². The van der Waals surface area contributed by atoms with Gasteiger partial charge in [-0.2, -0.15) is 0 Å². The number of carbonyl (C=O) groups is 3. The van der Waals surface area contributed by atoms with E-state index in [1.807, 2.05) is 4.90 Å². The maximum atomic E-state index is 12.5. The van der Waals surface area contributed by atoms with Crippen molar-refractivity contribution in [2.75, 3.05) is 13.1 Å². The Labute approximate surface area is 150 Å². The number of likely N-dealkylation sites (tertiary alicyclic amines) is 1. The van der Waals surface area contributed by atoms with Crippen LogP contribution in [0.15, 0.2) is 0 Å². The van der Waals surface area contributed by atoms with Gasteiger partial charge in [0.05, 0.1) is 0 Å². The molecular formula is C19H31N3O3. The van der Waals surface area contributed by atoms with Crippen LogP contribution in [0.5, 0.6) is 0 Å². The van der Waals surface area contributed by atoms with Crippen molar-refractivity contribution in [2.24, 2.45) is 11.3 Å². The molecule has 6 heteroatoms. The first-order chi connectivity index (χ1) is 11.8. The second-order valence-corrected chi connectivity index (χ2v) is 8.62. The van der Waals surface area contributed by atoms with E-state index in [2.05, 4.69) is 24.5 Å². The number of nitrogens with zero attached hydrogens (tertiary/aromatic N) is 1. The summed E-state index contributed by atoms with van der Waals surface area (Å²) in [5.41, 5.74) is 0.328. The quantitative estimate of drug-likeness (QED) is 0.733. The first-order valence-corrected chi connectivity index (χ1v) is 9.71. The molecule has 0 spiro atoms. The molecule has 2 N–H and O–H groups in total. The molecule has 0 bridgehead atoms. The van der Waals surface area contributed by atoms with Gasteiger partial charge < -0.3 is 15.5 Å². The van der Waals surface area contributed by atoms with E-state index in [1.165, 1.54) is 0 Å². The predicted molar refractivity (Wildman–Crippen MR) is 94.6 cm³/mol. The van der Waals surface area contributed by atoms with E-state index in [0.29, 0.717) is 43.6 Å². The zero-order chi connectivity index (χ0) is 18.0. The van der Waals surface area contributed by atoms with Crippen LogP contribution in [0.3, 0.4) is 0 Å². The van der Waals surface area contributed by atoms with Crippen LogP contribution in [0, 0.1) is 11.3 Å². The van der Waals surface area contributed by atoms with Crippen molar-refractivity contribution in [1.29, 1.82) is 0 Å². The van der Waals surface area contributed by atoms with Crippen molar-refractivity contribution in [1.82, 2.24) is 15.5 Å². The third-order valence-corrected chi connectivity index (χ3v) is 6.18. The first-order valence-electron chi connectivity index (χ1n) is 9.71. The Morgan fingerprint density at radius 3 is 2.72 bits per heavy atom. The van der Waals surface area contributed by atoms with Crippen molar-refractivity contribution in [3.63, 3.8) is 0 Å². The Kier molecular flexibility index (Phi) is 5.35. The lowest BCUT2D eigenvalue weighted by atomic mass is 10.1. The molecule has 0 aromatic carbocycles. The van der Waals surface area contributed by atoms with Crippen LogP contribution in [-0.4, -0.2) is 47.8 Å². The fourth-order valence-corrected chi connectivity index (χ4v) is 4.15. The summed E-state index contributed by atoms with van der Waals surface area (Å²) in [6, 6.07) is 0.286. The summed E-state index contributed by atoms with van der Waals surface area (Å²) in [5, 5.41) is 5.87. The number of nitrogens with one attached hydrogen (secondary N) is 2. The molecule has 2 aliphatic heterocycles. The Balaban J connectivity index is 1.37. The van der Waals surface area contributed by atoms with Crippen LogP contribution < -0.4 is 10.6 Å². The van der Waals surface area contributed by atoms with Gasteiger partial charge in [-0.05, 0) is 43.4 Å². The summed E-state index contributed by atoms with van der Waals surface area (Å²) in [5.74, 6) is 0.881. The third-order valence-electron chi connectivity index (χ3n) is 6.18. The van der Waals surface area contributed by atoms with Crippen LogP contribution >= 0.6 is 0 Å². The molecule has 3 rings (SSSR count). The molecule has 3 amide bonds. The molecule has 0 aromatic heterocycles. The van der Waals surface area contributed by atoms with E-state index in [1.54, 1.807) is 0 Å². The second kappa shape index (κ2) is 7.34. The molecule has 3 atom stereocenters. The minimum Gasteiger partial charge on any atom is -0.354 e. The van der Waals surface area contributed by atoms with Gasteiger partial charge in [0, 0.05) is 44.4 Å². The van der Waals surface area contributed by atoms with Gasteiger partial charge in [0.25, 0.3) is 0 Å². The highest BCUT2D eigenvalue weighted by molar-refractivity contribution is 5.79. The van der Waals surface area contributed by atoms with E-state index >= 15 is 0 Å². The third kappa shape index (κ3) is 4.73. The predicted octanol–water partition coefficient (Wildman–Crippen LogP) is 1.59. The van der Waals surface area contributed by atoms with Crippen LogP contribution in [0.1, 0.15) is 65.2 Å². The highest BCUT2D eigenvalue weighted by atomic mass is 16.2. The van der Waals surface area contributed by atoms with Gasteiger partial charge in [-0.25, -0.2) is 0 Å². The van der Waals surface area contributed by atoms with E-state index < -0.39 is 0 Å². The average molecular weight is 349 g/mol. The monoisotopic (exact) mass is 349 g/mol. The second-order valence-electron chi connectivity index (χ2n) is 8.62. The number of hydrogen-bond acceptors (Lipinski definition) is 3. The number of amides is 3. The molecule has 2 saturated heterocycles. The van der Waals surface area contributed by atoms with E-state index in [4.69, 9.17) is 0 Å². The zero-order valence-electron chi connectivity index (χ0n) is 15.5. The maximum absolute atomic E-state index is 12.5. The normalized spacial score (nSPS) is 30.2. The summed E-state index contributed by atoms with van der Waals surface area (Å²) in [4.78, 5) is 37.7. The lowest BCUT2D eigenvalue weighted by Gasteiger charge is -2.25. The van der Waals surface area contributed by atoms with Gasteiger partial charge in [0.1, 0.15) is 0 Å². The molecule has 0 radical (unpaired) electrons. The molecule has 3 fully saturated rings. The van der Waals surface area contributed by atoms with Gasteiger partial charge in [-0.3, -0.25) is 14.4 Å². The Bertz CT molecular complexity index is 546. The van der Waals surface area contributed by atoms with Crippen molar-refractivity contribution < 1.29 is 14.4 Å². The smallest absolute Gasteiger partial charge is 0.223 e. The lowest BCUT2D eigenvalue weighted by Crippen LogP contribution is -2.43. The summed E-state index contributed by atoms with van der Waals surface area (Å²) < 4.78 is 0. The molecule has 3 unspecified atom stereocenters. The van der Waals surface area contributed by atoms with Gasteiger partial charge in [-0.15, -0.1) is 0 Å². The molecule has 1 saturated carbocycles. The molecule has 140 valence electrons. The molecule has 1 aliphatic carbocycles. The van der Waals surface area contributed by atoms with E-state index in [0.717, 1.165) is 32.2 Å². The highest BCUT2D eigenvalue weighted by Crippen LogP contribution is 2.53. The first kappa shape index (κ1) is 18.2. The maximum Gasteiger partial charge on any atom is 0.223 e. The SMILES string of the molecule is CC1(C)CC1CC(=O)N1CCCC1CNC(=O)CCC1CCC(=O)N1. The van der Waals surface area contributed by atoms with Crippen LogP contribution in [0.4, 0.5) is 0 Å². The number of hydrogen-bond donors (Lipinski definition) is 2. The van der Waals surface area contributed by atoms with Gasteiger partial charge in [0.15, 0.2) is 0 Å². The van der Waals surface area contributed by atoms with Gasteiger partial charge in [0.2, 0.25) is 17.7 Å². The molecule has 2 heterocycles. The highest BCUT2D eigenvalue weighted by Gasteiger charge is 2.47. The molecular weight excluding hydrogens is 318 g/mol. The molecule has 25 heavy (non-hydrogen) atoms. The Morgan fingerprint density at radius 2 is 2.08 bits per heavy atom. The standard InChI is InChI=1S/C19H31N3O3/c1-19(2)11-13(19)10-18(25)22-9-3-4-15(22)12-20-16(23)7-5-14-6-8-17(24)21-14/h13-15H,3-12H2,1-2H3,(H,20,23)(H,21,24). The van der Waals surface area contributed by atoms with E-state index in [-0.39, 0.29) is 29.8 Å². The van der Waals surface area contributed by atoms with Gasteiger partial charge in [-0.1, -0.05) is 13.8 Å². The summed E-state index contributed by atoms with van der Waals surface area (Å²) in [7, 11) is 0. The van der Waals surface area contributed by atoms with Crippen molar-refractivity contribution >= 4 is 17.7 Å². The van der Waals surface area contributed by atoms with Crippen LogP contribution in [0.2, 0.25) is 0 Å². The fraction of sp³-hybridized carbons (Fsp3) is 0.842. The number of rotatable bonds is 7. The minimum absolute atomic E-state index is 0.0174. The van der Waals surface area contributed by atoms with E-state index in [9.17, 15) is 14.4 Å². The molecule has 0 aromatic rings. The fourth-order valence-electron chi connectivity index (χ4n) is 4.15. The minimum atomic E-state index is 0.0174. The summed E-state index contributed by atoms with van der Waals surface area (Å²) >= 11 is 0. The summed E-state index contributed by atoms with van der Waals surface area (Å²) in [6.07, 6.45) is 6.32. The molecule has 6 nitrogen and oxygen atoms in total. The van der Waals surface area contributed by atoms with Crippen molar-refractivity contribution in [2.45, 2.75) is 77.3 Å². The van der Waals surface area contributed by atoms with Crippen LogP contribution in [0.25, 0.3) is 0 Å². The summed E-state index contributed by atoms with van der Waals surface area (Å²) in [6.45, 7) is 5.81. The lowest BCUT2D eigenvalue weighted by molar-refractivity contribution is -0.133. The largest absolute Gasteiger partial charge is 0.354 e. The Morgan fingerprint density at radius 1 is 1.32 bits per heavy atom.